The molecule has 1 amide bonds. The Bertz CT molecular complexity index is 833. The van der Waals surface area contributed by atoms with Crippen LogP contribution in [-0.2, 0) is 11.2 Å². The predicted molar refractivity (Wildman–Crippen MR) is 88.8 cm³/mol. The van der Waals surface area contributed by atoms with Gasteiger partial charge in [-0.05, 0) is 42.3 Å². The number of nitrogens with one attached hydrogen (secondary N) is 1. The fraction of sp³-hybridized carbons (Fsp3) is 0.118. The Kier molecular flexibility index (Phi) is 4.43. The number of aryl methyl sites for hydroxylation is 1. The molecule has 0 bridgehead atoms. The van der Waals surface area contributed by atoms with Crippen LogP contribution in [0.2, 0.25) is 0 Å². The van der Waals surface area contributed by atoms with Crippen molar-refractivity contribution in [1.29, 1.82) is 0 Å². The van der Waals surface area contributed by atoms with Crippen molar-refractivity contribution in [2.24, 2.45) is 0 Å². The average molecular weight is 327 g/mol. The molecule has 0 fully saturated rings. The highest BCUT2D eigenvalue weighted by atomic mass is 32.1. The first-order chi connectivity index (χ1) is 11.1. The van der Waals surface area contributed by atoms with Crippen LogP contribution in [0.5, 0.6) is 0 Å². The van der Waals surface area contributed by atoms with Crippen LogP contribution in [0.15, 0.2) is 48.1 Å². The molecule has 0 spiro atoms. The van der Waals surface area contributed by atoms with Gasteiger partial charge >= 0.3 is 0 Å². The van der Waals surface area contributed by atoms with Crippen LogP contribution in [0.3, 0.4) is 0 Å². The zero-order valence-corrected chi connectivity index (χ0v) is 13.2. The zero-order valence-electron chi connectivity index (χ0n) is 12.4. The lowest BCUT2D eigenvalue weighted by atomic mass is 10.1. The van der Waals surface area contributed by atoms with Crippen LogP contribution < -0.4 is 5.32 Å². The van der Waals surface area contributed by atoms with Crippen LogP contribution >= 0.6 is 11.3 Å². The van der Waals surface area contributed by atoms with E-state index < -0.39 is 0 Å². The van der Waals surface area contributed by atoms with E-state index in [0.717, 1.165) is 16.8 Å². The maximum Gasteiger partial charge on any atom is 0.230 e. The lowest BCUT2D eigenvalue weighted by Crippen LogP contribution is -2.15. The number of carbonyl (C=O) groups is 1. The number of hydrogen-bond donors (Lipinski definition) is 1. The first kappa shape index (κ1) is 15.3. The monoisotopic (exact) mass is 327 g/mol. The van der Waals surface area contributed by atoms with Crippen molar-refractivity contribution < 1.29 is 9.18 Å². The van der Waals surface area contributed by atoms with Gasteiger partial charge < -0.3 is 5.32 Å². The minimum atomic E-state index is -0.340. The number of carbonyl (C=O) groups excluding carboxylic acids is 1. The van der Waals surface area contributed by atoms with Gasteiger partial charge in [-0.15, -0.1) is 11.3 Å². The number of pyridine rings is 1. The Labute approximate surface area is 137 Å². The molecule has 6 heteroatoms. The van der Waals surface area contributed by atoms with E-state index in [1.165, 1.54) is 23.5 Å². The summed E-state index contributed by atoms with van der Waals surface area (Å²) < 4.78 is 13.3. The number of amides is 1. The Morgan fingerprint density at radius 2 is 2.04 bits per heavy atom. The van der Waals surface area contributed by atoms with Crippen LogP contribution in [0.4, 0.5) is 9.52 Å². The summed E-state index contributed by atoms with van der Waals surface area (Å²) in [6, 6.07) is 8.16. The smallest absolute Gasteiger partial charge is 0.230 e. The largest absolute Gasteiger partial charge is 0.302 e. The third kappa shape index (κ3) is 3.78. The first-order valence-electron chi connectivity index (χ1n) is 7.02. The number of nitrogens with zero attached hydrogens (tertiary/aromatic N) is 2. The average Bonchev–Trinajstić information content (AvgIpc) is 3.00. The number of thiazole rings is 1. The molecule has 1 N–H and O–H groups in total. The van der Waals surface area contributed by atoms with Crippen LogP contribution in [-0.4, -0.2) is 15.9 Å². The number of benzene rings is 1. The minimum Gasteiger partial charge on any atom is -0.302 e. The molecule has 0 atom stereocenters. The summed E-state index contributed by atoms with van der Waals surface area (Å²) in [5.41, 5.74) is 3.29. The van der Waals surface area contributed by atoms with Crippen molar-refractivity contribution in [3.63, 3.8) is 0 Å². The van der Waals surface area contributed by atoms with E-state index in [2.05, 4.69) is 15.3 Å². The standard InChI is InChI=1S/C17H14FN3OS/c1-11-2-3-14(18)8-13(11)9-16(22)21-17-20-15(10-23-17)12-4-6-19-7-5-12/h2-8,10H,9H2,1H3,(H,20,21,22). The van der Waals surface area contributed by atoms with Crippen molar-refractivity contribution in [2.75, 3.05) is 5.32 Å². The molecule has 23 heavy (non-hydrogen) atoms. The Balaban J connectivity index is 1.69. The third-order valence-electron chi connectivity index (χ3n) is 3.39. The summed E-state index contributed by atoms with van der Waals surface area (Å²) in [5, 5.41) is 5.15. The maximum atomic E-state index is 13.3. The van der Waals surface area contributed by atoms with Gasteiger partial charge in [0.1, 0.15) is 5.82 Å². The molecule has 0 saturated carbocycles. The molecule has 3 aromatic rings. The molecule has 0 aliphatic rings. The van der Waals surface area contributed by atoms with Crippen molar-refractivity contribution in [3.8, 4) is 11.3 Å². The molecule has 0 aliphatic heterocycles. The highest BCUT2D eigenvalue weighted by Crippen LogP contribution is 2.24. The molecule has 0 saturated heterocycles. The third-order valence-corrected chi connectivity index (χ3v) is 4.15. The molecule has 3 rings (SSSR count). The van der Waals surface area contributed by atoms with Gasteiger partial charge in [-0.1, -0.05) is 6.07 Å². The number of halogens is 1. The van der Waals surface area contributed by atoms with Crippen molar-refractivity contribution in [2.45, 2.75) is 13.3 Å². The SMILES string of the molecule is Cc1ccc(F)cc1CC(=O)Nc1nc(-c2ccncc2)cs1. The Morgan fingerprint density at radius 1 is 1.26 bits per heavy atom. The number of hydrogen-bond acceptors (Lipinski definition) is 4. The van der Waals surface area contributed by atoms with Gasteiger partial charge in [0.15, 0.2) is 5.13 Å². The van der Waals surface area contributed by atoms with Gasteiger partial charge in [-0.25, -0.2) is 9.37 Å². The summed E-state index contributed by atoms with van der Waals surface area (Å²) in [5.74, 6) is -0.554. The van der Waals surface area contributed by atoms with Gasteiger partial charge in [0.25, 0.3) is 0 Å². The number of aromatic nitrogens is 2. The van der Waals surface area contributed by atoms with Gasteiger partial charge in [-0.2, -0.15) is 0 Å². The van der Waals surface area contributed by atoms with Crippen molar-refractivity contribution in [1.82, 2.24) is 9.97 Å². The summed E-state index contributed by atoms with van der Waals surface area (Å²) in [6.45, 7) is 1.85. The van der Waals surface area contributed by atoms with Crippen LogP contribution in [0.25, 0.3) is 11.3 Å². The van der Waals surface area contributed by atoms with E-state index in [0.29, 0.717) is 10.7 Å². The summed E-state index contributed by atoms with van der Waals surface area (Å²) in [4.78, 5) is 20.5. The lowest BCUT2D eigenvalue weighted by molar-refractivity contribution is -0.115. The molecule has 1 aromatic carbocycles. The minimum absolute atomic E-state index is 0.119. The normalized spacial score (nSPS) is 10.5. The molecule has 0 radical (unpaired) electrons. The van der Waals surface area contributed by atoms with E-state index >= 15 is 0 Å². The fourth-order valence-electron chi connectivity index (χ4n) is 2.15. The van der Waals surface area contributed by atoms with Gasteiger partial charge in [0.2, 0.25) is 5.91 Å². The molecular formula is C17H14FN3OS. The van der Waals surface area contributed by atoms with E-state index in [9.17, 15) is 9.18 Å². The molecule has 2 heterocycles. The van der Waals surface area contributed by atoms with E-state index in [1.807, 2.05) is 24.4 Å². The van der Waals surface area contributed by atoms with Crippen LogP contribution in [0.1, 0.15) is 11.1 Å². The number of anilines is 1. The van der Waals surface area contributed by atoms with E-state index in [1.54, 1.807) is 18.5 Å². The molecule has 4 nitrogen and oxygen atoms in total. The number of rotatable bonds is 4. The molecule has 0 aliphatic carbocycles. The van der Waals surface area contributed by atoms with E-state index in [-0.39, 0.29) is 18.1 Å². The maximum absolute atomic E-state index is 13.3. The second-order valence-electron chi connectivity index (χ2n) is 5.07. The van der Waals surface area contributed by atoms with Gasteiger partial charge in [0, 0.05) is 23.3 Å². The fourth-order valence-corrected chi connectivity index (χ4v) is 2.89. The summed E-state index contributed by atoms with van der Waals surface area (Å²) in [7, 11) is 0. The highest BCUT2D eigenvalue weighted by Gasteiger charge is 2.10. The molecule has 116 valence electrons. The summed E-state index contributed by atoms with van der Waals surface area (Å²) >= 11 is 1.35. The lowest BCUT2D eigenvalue weighted by Gasteiger charge is -2.05. The van der Waals surface area contributed by atoms with E-state index in [4.69, 9.17) is 0 Å². The molecule has 2 aromatic heterocycles. The molecular weight excluding hydrogens is 313 g/mol. The van der Waals surface area contributed by atoms with Gasteiger partial charge in [0.05, 0.1) is 12.1 Å². The van der Waals surface area contributed by atoms with Crippen molar-refractivity contribution in [3.05, 3.63) is 65.0 Å². The van der Waals surface area contributed by atoms with Crippen molar-refractivity contribution >= 4 is 22.4 Å². The van der Waals surface area contributed by atoms with Gasteiger partial charge in [-0.3, -0.25) is 9.78 Å². The summed E-state index contributed by atoms with van der Waals surface area (Å²) in [6.07, 6.45) is 3.51. The second kappa shape index (κ2) is 6.66. The Hall–Kier alpha value is -2.60. The van der Waals surface area contributed by atoms with Crippen LogP contribution in [0, 0.1) is 12.7 Å². The molecule has 0 unspecified atom stereocenters. The highest BCUT2D eigenvalue weighted by molar-refractivity contribution is 7.14. The Morgan fingerprint density at radius 3 is 2.83 bits per heavy atom. The second-order valence-corrected chi connectivity index (χ2v) is 5.93. The predicted octanol–water partition coefficient (Wildman–Crippen LogP) is 3.83. The topological polar surface area (TPSA) is 54.9 Å². The zero-order chi connectivity index (χ0) is 16.2. The first-order valence-corrected chi connectivity index (χ1v) is 7.90. The quantitative estimate of drug-likeness (QED) is 0.792.